The van der Waals surface area contributed by atoms with Crippen molar-refractivity contribution in [3.63, 3.8) is 0 Å². The Kier molecular flexibility index (Phi) is 5.84. The first kappa shape index (κ1) is 19.2. The molecule has 0 aromatic heterocycles. The van der Waals surface area contributed by atoms with Crippen LogP contribution in [0.2, 0.25) is 18.1 Å². The number of carbonyl (C=O) groups is 2. The van der Waals surface area contributed by atoms with Crippen LogP contribution in [0, 0.1) is 11.8 Å². The second-order valence-electron chi connectivity index (χ2n) is 7.68. The molecule has 1 aliphatic heterocycles. The Morgan fingerprint density at radius 1 is 1.32 bits per heavy atom. The zero-order valence-electron chi connectivity index (χ0n) is 15.1. The van der Waals surface area contributed by atoms with E-state index in [0.29, 0.717) is 6.61 Å². The lowest BCUT2D eigenvalue weighted by molar-refractivity contribution is -0.155. The molecule has 22 heavy (non-hydrogen) atoms. The molecule has 128 valence electrons. The van der Waals surface area contributed by atoms with E-state index < -0.39 is 8.32 Å². The van der Waals surface area contributed by atoms with E-state index >= 15 is 0 Å². The first-order valence-corrected chi connectivity index (χ1v) is 11.0. The lowest BCUT2D eigenvalue weighted by atomic mass is 9.79. The van der Waals surface area contributed by atoms with Crippen LogP contribution in [-0.4, -0.2) is 38.9 Å². The van der Waals surface area contributed by atoms with Gasteiger partial charge in [0.25, 0.3) is 0 Å². The van der Waals surface area contributed by atoms with Crippen LogP contribution in [0.1, 0.15) is 41.5 Å². The summed E-state index contributed by atoms with van der Waals surface area (Å²) in [6, 6.07) is -0.202. The molecule has 1 saturated heterocycles. The van der Waals surface area contributed by atoms with Gasteiger partial charge in [0.2, 0.25) is 5.91 Å². The minimum Gasteiger partial charge on any atom is -0.466 e. The number of ether oxygens (including phenoxy) is 1. The molecule has 1 fully saturated rings. The highest BCUT2D eigenvalue weighted by atomic mass is 28.4. The summed E-state index contributed by atoms with van der Waals surface area (Å²) < 4.78 is 11.4. The number of hydrogen-bond donors (Lipinski definition) is 1. The Morgan fingerprint density at radius 3 is 2.27 bits per heavy atom. The van der Waals surface area contributed by atoms with Crippen molar-refractivity contribution in [3.8, 4) is 0 Å². The highest BCUT2D eigenvalue weighted by Crippen LogP contribution is 2.39. The molecular formula is C16H31NO4Si. The normalized spacial score (nSPS) is 25.0. The molecule has 0 bridgehead atoms. The summed E-state index contributed by atoms with van der Waals surface area (Å²) in [7, 11) is -1.95. The van der Waals surface area contributed by atoms with Gasteiger partial charge in [0.15, 0.2) is 8.32 Å². The number of esters is 1. The van der Waals surface area contributed by atoms with Crippen LogP contribution in [0.25, 0.3) is 0 Å². The third kappa shape index (κ3) is 3.90. The molecule has 5 nitrogen and oxygen atoms in total. The van der Waals surface area contributed by atoms with Crippen molar-refractivity contribution in [2.45, 2.75) is 71.8 Å². The molecule has 1 N–H and O–H groups in total. The number of nitrogens with one attached hydrogen (secondary N) is 1. The predicted octanol–water partition coefficient (Wildman–Crippen LogP) is 2.71. The third-order valence-corrected chi connectivity index (χ3v) is 9.56. The summed E-state index contributed by atoms with van der Waals surface area (Å²) in [5.74, 6) is -0.939. The van der Waals surface area contributed by atoms with Crippen LogP contribution in [0.15, 0.2) is 0 Å². The highest BCUT2D eigenvalue weighted by Gasteiger charge is 2.50. The molecule has 1 aliphatic rings. The van der Waals surface area contributed by atoms with Crippen LogP contribution < -0.4 is 5.32 Å². The van der Waals surface area contributed by atoms with E-state index in [9.17, 15) is 9.59 Å². The first-order chi connectivity index (χ1) is 9.92. The lowest BCUT2D eigenvalue weighted by Gasteiger charge is -2.46. The van der Waals surface area contributed by atoms with E-state index in [1.165, 1.54) is 0 Å². The Hall–Kier alpha value is -0.883. The fraction of sp³-hybridized carbons (Fsp3) is 0.875. The van der Waals surface area contributed by atoms with Crippen LogP contribution in [0.5, 0.6) is 0 Å². The van der Waals surface area contributed by atoms with Gasteiger partial charge < -0.3 is 14.5 Å². The third-order valence-electron chi connectivity index (χ3n) is 4.99. The van der Waals surface area contributed by atoms with Crippen molar-refractivity contribution in [1.29, 1.82) is 0 Å². The van der Waals surface area contributed by atoms with Crippen molar-refractivity contribution >= 4 is 20.2 Å². The molecule has 1 heterocycles. The zero-order valence-corrected chi connectivity index (χ0v) is 16.1. The van der Waals surface area contributed by atoms with Crippen molar-refractivity contribution in [2.75, 3.05) is 6.61 Å². The molecule has 0 aliphatic carbocycles. The molecule has 0 aromatic rings. The maximum Gasteiger partial charge on any atom is 0.310 e. The summed E-state index contributed by atoms with van der Waals surface area (Å²) in [6.07, 6.45) is -0.198. The van der Waals surface area contributed by atoms with E-state index in [1.807, 2.05) is 6.92 Å². The number of hydrogen-bond acceptors (Lipinski definition) is 4. The second-order valence-corrected chi connectivity index (χ2v) is 12.4. The average Bonchev–Trinajstić information content (AvgIpc) is 2.32. The topological polar surface area (TPSA) is 64.6 Å². The molecule has 0 unspecified atom stereocenters. The molecule has 1 rings (SSSR count). The van der Waals surface area contributed by atoms with Gasteiger partial charge in [-0.3, -0.25) is 9.59 Å². The van der Waals surface area contributed by atoms with Gasteiger partial charge in [0, 0.05) is 0 Å². The van der Waals surface area contributed by atoms with E-state index in [1.54, 1.807) is 13.8 Å². The Labute approximate surface area is 135 Å². The lowest BCUT2D eigenvalue weighted by Crippen LogP contribution is -2.66. The molecule has 0 aromatic carbocycles. The van der Waals surface area contributed by atoms with Gasteiger partial charge in [-0.05, 0) is 38.9 Å². The second kappa shape index (κ2) is 6.70. The van der Waals surface area contributed by atoms with Gasteiger partial charge in [-0.2, -0.15) is 0 Å². The minimum absolute atomic E-state index is 0.0349. The smallest absolute Gasteiger partial charge is 0.310 e. The Balaban J connectivity index is 2.77. The van der Waals surface area contributed by atoms with Crippen molar-refractivity contribution in [3.05, 3.63) is 0 Å². The summed E-state index contributed by atoms with van der Waals surface area (Å²) in [6.45, 7) is 16.7. The van der Waals surface area contributed by atoms with Crippen molar-refractivity contribution in [1.82, 2.24) is 5.32 Å². The van der Waals surface area contributed by atoms with Gasteiger partial charge in [0.05, 0.1) is 30.6 Å². The van der Waals surface area contributed by atoms with Gasteiger partial charge in [-0.1, -0.05) is 20.8 Å². The van der Waals surface area contributed by atoms with Crippen LogP contribution in [0.3, 0.4) is 0 Å². The monoisotopic (exact) mass is 329 g/mol. The van der Waals surface area contributed by atoms with Gasteiger partial charge >= 0.3 is 5.97 Å². The Morgan fingerprint density at radius 2 is 1.86 bits per heavy atom. The molecule has 0 spiro atoms. The Bertz CT molecular complexity index is 430. The van der Waals surface area contributed by atoms with Crippen LogP contribution in [0.4, 0.5) is 0 Å². The summed E-state index contributed by atoms with van der Waals surface area (Å²) in [4.78, 5) is 23.9. The summed E-state index contributed by atoms with van der Waals surface area (Å²) in [5, 5.41) is 2.92. The molecule has 1 amide bonds. The van der Waals surface area contributed by atoms with Gasteiger partial charge in [-0.15, -0.1) is 0 Å². The fourth-order valence-electron chi connectivity index (χ4n) is 2.49. The van der Waals surface area contributed by atoms with E-state index in [0.717, 1.165) is 0 Å². The summed E-state index contributed by atoms with van der Waals surface area (Å²) in [5.41, 5.74) is 0. The van der Waals surface area contributed by atoms with Crippen molar-refractivity contribution in [2.24, 2.45) is 11.8 Å². The molecule has 0 radical (unpaired) electrons. The number of amides is 1. The SMILES string of the molecule is CCOC(=O)[C@H](C)[C@H]1NC(=O)[C@@H]1[C@@H](C)O[Si](C)(C)C(C)(C)C. The number of β-lactam (4-membered cyclic amide) rings is 1. The standard InChI is InChI=1S/C16H31NO4Si/c1-9-20-15(19)10(2)13-12(14(18)17-13)11(3)21-22(7,8)16(4,5)6/h10-13H,9H2,1-8H3,(H,17,18)/t10-,11-,12-,13-/m1/s1. The molecule has 4 atom stereocenters. The van der Waals surface area contributed by atoms with Crippen LogP contribution in [-0.2, 0) is 18.8 Å². The van der Waals surface area contributed by atoms with Gasteiger partial charge in [0.1, 0.15) is 0 Å². The van der Waals surface area contributed by atoms with E-state index in [2.05, 4.69) is 39.2 Å². The largest absolute Gasteiger partial charge is 0.466 e. The van der Waals surface area contributed by atoms with E-state index in [4.69, 9.17) is 9.16 Å². The first-order valence-electron chi connectivity index (χ1n) is 8.07. The number of carbonyl (C=O) groups excluding carboxylic acids is 2. The predicted molar refractivity (Wildman–Crippen MR) is 89.0 cm³/mol. The molecular weight excluding hydrogens is 298 g/mol. The highest BCUT2D eigenvalue weighted by molar-refractivity contribution is 6.74. The average molecular weight is 330 g/mol. The summed E-state index contributed by atoms with van der Waals surface area (Å²) >= 11 is 0. The quantitative estimate of drug-likeness (QED) is 0.462. The van der Waals surface area contributed by atoms with Gasteiger partial charge in [-0.25, -0.2) is 0 Å². The molecule has 0 saturated carbocycles. The molecule has 6 heteroatoms. The number of rotatable bonds is 6. The van der Waals surface area contributed by atoms with E-state index in [-0.39, 0.29) is 40.9 Å². The van der Waals surface area contributed by atoms with Crippen molar-refractivity contribution < 1.29 is 18.8 Å². The zero-order chi connectivity index (χ0) is 17.3. The van der Waals surface area contributed by atoms with Crippen LogP contribution >= 0.6 is 0 Å². The maximum atomic E-state index is 12.0. The maximum absolute atomic E-state index is 12.0. The fourth-order valence-corrected chi connectivity index (χ4v) is 3.92. The minimum atomic E-state index is -1.95.